The summed E-state index contributed by atoms with van der Waals surface area (Å²) in [6, 6.07) is 0. The summed E-state index contributed by atoms with van der Waals surface area (Å²) < 4.78 is 0. The van der Waals surface area contributed by atoms with E-state index < -0.39 is 0 Å². The van der Waals surface area contributed by atoms with Crippen molar-refractivity contribution < 1.29 is 0 Å². The van der Waals surface area contributed by atoms with E-state index in [2.05, 4.69) is 11.8 Å². The van der Waals surface area contributed by atoms with E-state index in [1.165, 1.54) is 35.9 Å². The normalized spacial score (nSPS) is 24.0. The molecule has 0 radical (unpaired) electrons. The number of hydrogen-bond donors (Lipinski definition) is 0. The molecule has 0 spiro atoms. The van der Waals surface area contributed by atoms with Gasteiger partial charge in [0, 0.05) is 10.8 Å². The highest BCUT2D eigenvalue weighted by Gasteiger charge is 1.96. The fourth-order valence-corrected chi connectivity index (χ4v) is 4.52. The number of thioether (sulfide) groups is 1. The Morgan fingerprint density at radius 3 is 2.67 bits per heavy atom. The quantitative estimate of drug-likeness (QED) is 0.525. The molecule has 0 saturated carbocycles. The van der Waals surface area contributed by atoms with Gasteiger partial charge in [-0.3, -0.25) is 0 Å². The van der Waals surface area contributed by atoms with E-state index >= 15 is 0 Å². The Morgan fingerprint density at radius 2 is 1.67 bits per heavy atom. The van der Waals surface area contributed by atoms with Crippen molar-refractivity contribution in [2.45, 2.75) is 19.3 Å². The molecule has 0 N–H and O–H groups in total. The minimum absolute atomic E-state index is 1.30. The minimum Gasteiger partial charge on any atom is -0.150 e. The summed E-state index contributed by atoms with van der Waals surface area (Å²) in [5.74, 6) is 2.75. The van der Waals surface area contributed by atoms with Gasteiger partial charge >= 0.3 is 0 Å². The molecule has 0 nitrogen and oxygen atoms in total. The molecule has 1 rings (SSSR count). The molecule has 0 unspecified atom stereocenters. The van der Waals surface area contributed by atoms with E-state index in [0.29, 0.717) is 0 Å². The molecule has 54 valence electrons. The van der Waals surface area contributed by atoms with Gasteiger partial charge < -0.3 is 0 Å². The smallest absolute Gasteiger partial charge is 0.0496 e. The molecule has 0 bridgehead atoms. The van der Waals surface area contributed by atoms with Crippen LogP contribution in [0.2, 0.25) is 0 Å². The fraction of sp³-hybridized carbons (Fsp3) is 1.00. The molecule has 1 aliphatic heterocycles. The maximum Gasteiger partial charge on any atom is 0.0496 e. The predicted molar refractivity (Wildman–Crippen MR) is 51.2 cm³/mol. The van der Waals surface area contributed by atoms with Crippen LogP contribution in [0.15, 0.2) is 0 Å². The second-order valence-electron chi connectivity index (χ2n) is 2.03. The maximum absolute atomic E-state index is 2.08. The first-order valence-corrected chi connectivity index (χ1v) is 6.96. The van der Waals surface area contributed by atoms with Gasteiger partial charge in [-0.2, -0.15) is 11.8 Å². The van der Waals surface area contributed by atoms with E-state index in [9.17, 15) is 0 Å². The zero-order chi connectivity index (χ0) is 6.36. The summed E-state index contributed by atoms with van der Waals surface area (Å²) in [7, 11) is 4.06. The van der Waals surface area contributed by atoms with Gasteiger partial charge in [0.2, 0.25) is 0 Å². The maximum atomic E-state index is 2.08. The molecule has 0 atom stereocenters. The minimum atomic E-state index is 1.30. The topological polar surface area (TPSA) is 0 Å². The van der Waals surface area contributed by atoms with Crippen LogP contribution < -0.4 is 0 Å². The average Bonchev–Trinajstić information content (AvgIpc) is 2.00. The van der Waals surface area contributed by atoms with Crippen LogP contribution in [0.4, 0.5) is 0 Å². The average molecular weight is 180 g/mol. The molecule has 9 heavy (non-hydrogen) atoms. The Labute approximate surface area is 69.3 Å². The van der Waals surface area contributed by atoms with Crippen LogP contribution in [0.5, 0.6) is 0 Å². The number of rotatable bonds is 0. The highest BCUT2D eigenvalue weighted by atomic mass is 33.1. The first-order chi connectivity index (χ1) is 4.50. The molecule has 1 aliphatic rings. The molecular formula is C6H12S3. The molecule has 1 fully saturated rings. The SMILES string of the molecule is C1CCSCSSCC1. The van der Waals surface area contributed by atoms with Gasteiger partial charge in [0.1, 0.15) is 0 Å². The molecule has 0 amide bonds. The van der Waals surface area contributed by atoms with Crippen LogP contribution in [-0.2, 0) is 0 Å². The third kappa shape index (κ3) is 4.45. The summed E-state index contributed by atoms with van der Waals surface area (Å²) in [5, 5.41) is 1.30. The lowest BCUT2D eigenvalue weighted by Crippen LogP contribution is -1.79. The third-order valence-electron chi connectivity index (χ3n) is 1.23. The Bertz CT molecular complexity index is 36.8. The Hall–Kier alpha value is 1.05. The van der Waals surface area contributed by atoms with Crippen LogP contribution in [0, 0.1) is 0 Å². The second kappa shape index (κ2) is 5.81. The molecule has 0 aliphatic carbocycles. The molecule has 3 heteroatoms. The van der Waals surface area contributed by atoms with Gasteiger partial charge in [0.15, 0.2) is 0 Å². The Kier molecular flexibility index (Phi) is 5.26. The first-order valence-electron chi connectivity index (χ1n) is 3.32. The molecular weight excluding hydrogens is 168 g/mol. The molecule has 0 aromatic heterocycles. The van der Waals surface area contributed by atoms with Crippen molar-refractivity contribution in [3.05, 3.63) is 0 Å². The highest BCUT2D eigenvalue weighted by Crippen LogP contribution is 2.29. The standard InChI is InChI=1S/C6H12S3/c1-2-4-7-6-9-8-5-3-1/h1-6H2. The van der Waals surface area contributed by atoms with Gasteiger partial charge in [0.05, 0.1) is 0 Å². The van der Waals surface area contributed by atoms with Crippen molar-refractivity contribution in [2.75, 3.05) is 16.6 Å². The molecule has 1 heterocycles. The van der Waals surface area contributed by atoms with Crippen molar-refractivity contribution in [1.82, 2.24) is 0 Å². The summed E-state index contributed by atoms with van der Waals surface area (Å²) in [5.41, 5.74) is 0. The fourth-order valence-electron chi connectivity index (χ4n) is 0.728. The summed E-state index contributed by atoms with van der Waals surface area (Å²) in [4.78, 5) is 0. The lowest BCUT2D eigenvalue weighted by Gasteiger charge is -1.93. The Morgan fingerprint density at radius 1 is 0.778 bits per heavy atom. The largest absolute Gasteiger partial charge is 0.150 e. The van der Waals surface area contributed by atoms with Gasteiger partial charge in [0.25, 0.3) is 0 Å². The van der Waals surface area contributed by atoms with Crippen LogP contribution in [0.3, 0.4) is 0 Å². The molecule has 0 aromatic rings. The monoisotopic (exact) mass is 180 g/mol. The van der Waals surface area contributed by atoms with E-state index in [1.54, 1.807) is 0 Å². The second-order valence-corrected chi connectivity index (χ2v) is 6.08. The van der Waals surface area contributed by atoms with Crippen LogP contribution in [0.25, 0.3) is 0 Å². The predicted octanol–water partition coefficient (Wildman–Crippen LogP) is 3.24. The van der Waals surface area contributed by atoms with Crippen molar-refractivity contribution in [2.24, 2.45) is 0 Å². The van der Waals surface area contributed by atoms with Gasteiger partial charge in [-0.15, -0.1) is 0 Å². The number of hydrogen-bond acceptors (Lipinski definition) is 3. The van der Waals surface area contributed by atoms with Crippen LogP contribution >= 0.6 is 33.3 Å². The van der Waals surface area contributed by atoms with Crippen LogP contribution in [0.1, 0.15) is 19.3 Å². The van der Waals surface area contributed by atoms with E-state index in [4.69, 9.17) is 0 Å². The van der Waals surface area contributed by atoms with Crippen molar-refractivity contribution in [1.29, 1.82) is 0 Å². The van der Waals surface area contributed by atoms with Crippen molar-refractivity contribution in [3.8, 4) is 0 Å². The zero-order valence-corrected chi connectivity index (χ0v) is 7.92. The highest BCUT2D eigenvalue weighted by molar-refractivity contribution is 8.78. The summed E-state index contributed by atoms with van der Waals surface area (Å²) >= 11 is 2.08. The summed E-state index contributed by atoms with van der Waals surface area (Å²) in [6.07, 6.45) is 4.31. The van der Waals surface area contributed by atoms with Gasteiger partial charge in [-0.1, -0.05) is 28.0 Å². The van der Waals surface area contributed by atoms with Crippen molar-refractivity contribution in [3.63, 3.8) is 0 Å². The van der Waals surface area contributed by atoms with E-state index in [1.807, 2.05) is 21.6 Å². The zero-order valence-electron chi connectivity index (χ0n) is 5.47. The third-order valence-corrected chi connectivity index (χ3v) is 5.35. The lowest BCUT2D eigenvalue weighted by molar-refractivity contribution is 0.787. The van der Waals surface area contributed by atoms with Gasteiger partial charge in [-0.25, -0.2) is 0 Å². The van der Waals surface area contributed by atoms with Crippen molar-refractivity contribution >= 4 is 33.3 Å². The van der Waals surface area contributed by atoms with E-state index in [-0.39, 0.29) is 0 Å². The molecule has 0 aromatic carbocycles. The summed E-state index contributed by atoms with van der Waals surface area (Å²) in [6.45, 7) is 0. The lowest BCUT2D eigenvalue weighted by atomic mass is 10.3. The van der Waals surface area contributed by atoms with Crippen LogP contribution in [-0.4, -0.2) is 16.6 Å². The van der Waals surface area contributed by atoms with E-state index in [0.717, 1.165) is 0 Å². The first kappa shape index (κ1) is 8.15. The Balaban J connectivity index is 2.02. The van der Waals surface area contributed by atoms with Gasteiger partial charge in [-0.05, 0) is 18.6 Å². The molecule has 1 saturated heterocycles.